The van der Waals surface area contributed by atoms with Crippen molar-refractivity contribution >= 4 is 10.8 Å². The molecule has 0 bridgehead atoms. The van der Waals surface area contributed by atoms with E-state index in [-0.39, 0.29) is 6.04 Å². The summed E-state index contributed by atoms with van der Waals surface area (Å²) in [7, 11) is 3.70. The number of fused-ring (bicyclic) bond motifs is 1. The number of hydrogen-bond donors (Lipinski definition) is 1. The van der Waals surface area contributed by atoms with Gasteiger partial charge >= 0.3 is 0 Å². The maximum Gasteiger partial charge on any atom is 0.0657 e. The summed E-state index contributed by atoms with van der Waals surface area (Å²) in [5.74, 6) is 0. The van der Waals surface area contributed by atoms with Gasteiger partial charge in [0.2, 0.25) is 0 Å². The largest absolute Gasteiger partial charge is 0.383 e. The van der Waals surface area contributed by atoms with Crippen LogP contribution in [0.2, 0.25) is 0 Å². The molecule has 0 amide bonds. The van der Waals surface area contributed by atoms with Crippen molar-refractivity contribution in [2.75, 3.05) is 20.8 Å². The molecule has 0 heterocycles. The highest BCUT2D eigenvalue weighted by atomic mass is 16.5. The van der Waals surface area contributed by atoms with Crippen molar-refractivity contribution in [1.29, 1.82) is 0 Å². The van der Waals surface area contributed by atoms with Gasteiger partial charge in [-0.25, -0.2) is 0 Å². The molecule has 0 aliphatic heterocycles. The third-order valence-electron chi connectivity index (χ3n) is 2.88. The summed E-state index contributed by atoms with van der Waals surface area (Å²) >= 11 is 0. The minimum absolute atomic E-state index is 0.246. The Morgan fingerprint density at radius 2 is 1.88 bits per heavy atom. The van der Waals surface area contributed by atoms with Crippen LogP contribution in [-0.2, 0) is 4.74 Å². The molecule has 0 aliphatic carbocycles. The molecule has 2 aromatic rings. The first kappa shape index (κ1) is 11.1. The van der Waals surface area contributed by atoms with Crippen LogP contribution in [0.3, 0.4) is 0 Å². The van der Waals surface area contributed by atoms with Crippen LogP contribution in [0.4, 0.5) is 0 Å². The number of likely N-dealkylation sites (N-methyl/N-ethyl adjacent to an activating group) is 1. The van der Waals surface area contributed by atoms with E-state index in [0.717, 1.165) is 0 Å². The molecule has 0 radical (unpaired) electrons. The molecular formula is C14H17NO. The van der Waals surface area contributed by atoms with Crippen LogP contribution < -0.4 is 5.32 Å². The van der Waals surface area contributed by atoms with E-state index in [0.29, 0.717) is 6.61 Å². The van der Waals surface area contributed by atoms with Crippen LogP contribution in [-0.4, -0.2) is 20.8 Å². The highest BCUT2D eigenvalue weighted by molar-refractivity contribution is 5.86. The van der Waals surface area contributed by atoms with Crippen LogP contribution in [0, 0.1) is 0 Å². The molecule has 2 heteroatoms. The van der Waals surface area contributed by atoms with Crippen molar-refractivity contribution in [3.8, 4) is 0 Å². The maximum absolute atomic E-state index is 5.24. The molecular weight excluding hydrogens is 198 g/mol. The van der Waals surface area contributed by atoms with E-state index >= 15 is 0 Å². The Kier molecular flexibility index (Phi) is 3.54. The molecule has 2 rings (SSSR count). The summed E-state index contributed by atoms with van der Waals surface area (Å²) in [6.07, 6.45) is 0. The van der Waals surface area contributed by atoms with Gasteiger partial charge in [-0.15, -0.1) is 0 Å². The molecule has 16 heavy (non-hydrogen) atoms. The predicted octanol–water partition coefficient (Wildman–Crippen LogP) is 2.75. The van der Waals surface area contributed by atoms with Crippen LogP contribution >= 0.6 is 0 Å². The Labute approximate surface area is 96.2 Å². The third kappa shape index (κ3) is 2.08. The molecule has 0 saturated carbocycles. The Balaban J connectivity index is 2.50. The van der Waals surface area contributed by atoms with Gasteiger partial charge in [-0.3, -0.25) is 0 Å². The van der Waals surface area contributed by atoms with Crippen molar-refractivity contribution in [3.63, 3.8) is 0 Å². The van der Waals surface area contributed by atoms with Crippen molar-refractivity contribution in [1.82, 2.24) is 5.32 Å². The van der Waals surface area contributed by atoms with E-state index in [2.05, 4.69) is 47.8 Å². The first-order chi connectivity index (χ1) is 7.86. The fourth-order valence-electron chi connectivity index (χ4n) is 2.05. The molecule has 2 aromatic carbocycles. The van der Waals surface area contributed by atoms with Gasteiger partial charge in [0.25, 0.3) is 0 Å². The second kappa shape index (κ2) is 5.10. The maximum atomic E-state index is 5.24. The number of methoxy groups -OCH3 is 1. The van der Waals surface area contributed by atoms with Gasteiger partial charge in [0.15, 0.2) is 0 Å². The van der Waals surface area contributed by atoms with Gasteiger partial charge in [-0.1, -0.05) is 42.5 Å². The number of nitrogens with one attached hydrogen (secondary N) is 1. The molecule has 0 spiro atoms. The Bertz CT molecular complexity index is 462. The van der Waals surface area contributed by atoms with Gasteiger partial charge in [0.1, 0.15) is 0 Å². The Morgan fingerprint density at radius 1 is 1.12 bits per heavy atom. The van der Waals surface area contributed by atoms with Gasteiger partial charge in [0, 0.05) is 7.11 Å². The fourth-order valence-corrected chi connectivity index (χ4v) is 2.05. The van der Waals surface area contributed by atoms with E-state index < -0.39 is 0 Å². The minimum atomic E-state index is 0.246. The average molecular weight is 215 g/mol. The van der Waals surface area contributed by atoms with Crippen LogP contribution in [0.1, 0.15) is 11.6 Å². The second-order valence-corrected chi connectivity index (χ2v) is 3.86. The lowest BCUT2D eigenvalue weighted by molar-refractivity contribution is 0.171. The minimum Gasteiger partial charge on any atom is -0.383 e. The van der Waals surface area contributed by atoms with Gasteiger partial charge in [-0.05, 0) is 23.4 Å². The van der Waals surface area contributed by atoms with E-state index in [1.807, 2.05) is 7.05 Å². The van der Waals surface area contributed by atoms with E-state index in [9.17, 15) is 0 Å². The Hall–Kier alpha value is -1.38. The summed E-state index contributed by atoms with van der Waals surface area (Å²) in [5, 5.41) is 5.85. The van der Waals surface area contributed by atoms with Gasteiger partial charge in [0.05, 0.1) is 12.6 Å². The van der Waals surface area contributed by atoms with Crippen molar-refractivity contribution in [3.05, 3.63) is 48.0 Å². The number of hydrogen-bond acceptors (Lipinski definition) is 2. The van der Waals surface area contributed by atoms with E-state index in [1.54, 1.807) is 7.11 Å². The summed E-state index contributed by atoms with van der Waals surface area (Å²) in [5.41, 5.74) is 1.29. The first-order valence-electron chi connectivity index (χ1n) is 5.50. The first-order valence-corrected chi connectivity index (χ1v) is 5.50. The molecule has 1 atom stereocenters. The molecule has 2 nitrogen and oxygen atoms in total. The van der Waals surface area contributed by atoms with Crippen molar-refractivity contribution in [2.45, 2.75) is 6.04 Å². The molecule has 1 unspecified atom stereocenters. The zero-order valence-electron chi connectivity index (χ0n) is 9.73. The second-order valence-electron chi connectivity index (χ2n) is 3.86. The van der Waals surface area contributed by atoms with Crippen molar-refractivity contribution < 1.29 is 4.74 Å². The topological polar surface area (TPSA) is 21.3 Å². The summed E-state index contributed by atoms with van der Waals surface area (Å²) in [6, 6.07) is 15.1. The van der Waals surface area contributed by atoms with Crippen LogP contribution in [0.15, 0.2) is 42.5 Å². The normalized spacial score (nSPS) is 12.9. The quantitative estimate of drug-likeness (QED) is 0.846. The average Bonchev–Trinajstić information content (AvgIpc) is 2.35. The fraction of sp³-hybridized carbons (Fsp3) is 0.286. The highest BCUT2D eigenvalue weighted by Crippen LogP contribution is 2.24. The lowest BCUT2D eigenvalue weighted by Gasteiger charge is -2.17. The van der Waals surface area contributed by atoms with Crippen LogP contribution in [0.5, 0.6) is 0 Å². The van der Waals surface area contributed by atoms with Gasteiger partial charge in [-0.2, -0.15) is 0 Å². The molecule has 1 N–H and O–H groups in total. The lowest BCUT2D eigenvalue weighted by Crippen LogP contribution is -2.21. The zero-order chi connectivity index (χ0) is 11.4. The summed E-state index contributed by atoms with van der Waals surface area (Å²) in [6.45, 7) is 0.685. The van der Waals surface area contributed by atoms with Crippen LogP contribution in [0.25, 0.3) is 10.8 Å². The standard InChI is InChI=1S/C14H17NO/c1-15-14(10-16-2)13-9-5-7-11-6-3-4-8-12(11)13/h3-9,14-15H,10H2,1-2H3. The number of rotatable bonds is 4. The monoisotopic (exact) mass is 215 g/mol. The summed E-state index contributed by atoms with van der Waals surface area (Å²) < 4.78 is 5.24. The molecule has 0 aliphatic rings. The molecule has 84 valence electrons. The van der Waals surface area contributed by atoms with E-state index in [4.69, 9.17) is 4.74 Å². The smallest absolute Gasteiger partial charge is 0.0657 e. The number of benzene rings is 2. The molecule has 0 saturated heterocycles. The number of ether oxygens (including phenoxy) is 1. The molecule has 0 fully saturated rings. The van der Waals surface area contributed by atoms with E-state index in [1.165, 1.54) is 16.3 Å². The highest BCUT2D eigenvalue weighted by Gasteiger charge is 2.11. The predicted molar refractivity (Wildman–Crippen MR) is 67.6 cm³/mol. The third-order valence-corrected chi connectivity index (χ3v) is 2.88. The lowest BCUT2D eigenvalue weighted by atomic mass is 9.99. The summed E-state index contributed by atoms with van der Waals surface area (Å²) in [4.78, 5) is 0. The van der Waals surface area contributed by atoms with Crippen molar-refractivity contribution in [2.24, 2.45) is 0 Å². The van der Waals surface area contributed by atoms with Gasteiger partial charge < -0.3 is 10.1 Å². The Morgan fingerprint density at radius 3 is 2.62 bits per heavy atom. The molecule has 0 aromatic heterocycles. The zero-order valence-corrected chi connectivity index (χ0v) is 9.73. The SMILES string of the molecule is CNC(COC)c1cccc2ccccc12.